The van der Waals surface area contributed by atoms with E-state index in [2.05, 4.69) is 53.0 Å². The Kier molecular flexibility index (Phi) is 8.14. The third-order valence-electron chi connectivity index (χ3n) is 4.63. The quantitative estimate of drug-likeness (QED) is 0.407. The summed E-state index contributed by atoms with van der Waals surface area (Å²) in [5.41, 5.74) is 4.06. The highest BCUT2D eigenvalue weighted by Crippen LogP contribution is 2.29. The van der Waals surface area contributed by atoms with Crippen molar-refractivity contribution in [2.45, 2.75) is 44.7 Å². The zero-order valence-corrected chi connectivity index (χ0v) is 20.2. The molecule has 6 nitrogen and oxygen atoms in total. The third-order valence-corrected chi connectivity index (χ3v) is 6.30. The van der Waals surface area contributed by atoms with E-state index in [-0.39, 0.29) is 12.1 Å². The fourth-order valence-electron chi connectivity index (χ4n) is 3.11. The Morgan fingerprint density at radius 2 is 1.06 bits per heavy atom. The zero-order valence-electron chi connectivity index (χ0n) is 19.4. The summed E-state index contributed by atoms with van der Waals surface area (Å²) in [4.78, 5) is 2.09. The lowest BCUT2D eigenvalue weighted by Gasteiger charge is -2.08. The van der Waals surface area contributed by atoms with Crippen LogP contribution in [0.15, 0.2) is 95.9 Å². The molecule has 3 aromatic carbocycles. The molecule has 1 heterocycles. The van der Waals surface area contributed by atoms with Crippen molar-refractivity contribution in [2.75, 3.05) is 0 Å². The molecule has 0 atom stereocenters. The van der Waals surface area contributed by atoms with Crippen LogP contribution in [0.25, 0.3) is 22.5 Å². The van der Waals surface area contributed by atoms with E-state index in [0.29, 0.717) is 4.90 Å². The largest absolute Gasteiger partial charge is 0.240 e. The second-order valence-electron chi connectivity index (χ2n) is 8.13. The topological polar surface area (TPSA) is 76.9 Å². The van der Waals surface area contributed by atoms with Crippen molar-refractivity contribution in [3.8, 4) is 22.5 Å². The first-order valence-electron chi connectivity index (χ1n) is 10.9. The summed E-state index contributed by atoms with van der Waals surface area (Å²) in [6, 6.07) is 28.9. The molecule has 0 saturated carbocycles. The molecule has 4 rings (SSSR count). The van der Waals surface area contributed by atoms with Gasteiger partial charge >= 0.3 is 0 Å². The molecule has 0 bridgehead atoms. The van der Waals surface area contributed by atoms with Crippen LogP contribution in [0.5, 0.6) is 0 Å². The number of rotatable bonds is 6. The normalized spacial score (nSPS) is 11.3. The zero-order chi connectivity index (χ0) is 23.8. The van der Waals surface area contributed by atoms with Crippen molar-refractivity contribution < 1.29 is 8.42 Å². The van der Waals surface area contributed by atoms with Gasteiger partial charge in [-0.25, -0.2) is 13.1 Å². The minimum absolute atomic E-state index is 0.0785. The molecule has 7 heteroatoms. The Bertz CT molecular complexity index is 1180. The average molecular weight is 463 g/mol. The highest BCUT2D eigenvalue weighted by Gasteiger charge is 2.16. The van der Waals surface area contributed by atoms with E-state index in [1.807, 2.05) is 36.4 Å². The summed E-state index contributed by atoms with van der Waals surface area (Å²) >= 11 is 0. The summed E-state index contributed by atoms with van der Waals surface area (Å²) in [5, 5.41) is 9.32. The molecule has 1 N–H and O–H groups in total. The van der Waals surface area contributed by atoms with E-state index >= 15 is 0 Å². The second kappa shape index (κ2) is 11.0. The van der Waals surface area contributed by atoms with Crippen LogP contribution in [-0.2, 0) is 10.0 Å². The van der Waals surface area contributed by atoms with Crippen LogP contribution in [0.1, 0.15) is 33.7 Å². The maximum Gasteiger partial charge on any atom is 0.240 e. The lowest BCUT2D eigenvalue weighted by atomic mass is 10.1. The van der Waals surface area contributed by atoms with Crippen LogP contribution in [0.4, 0.5) is 0 Å². The minimum Gasteiger partial charge on any atom is -0.209 e. The molecule has 4 aromatic rings. The van der Waals surface area contributed by atoms with E-state index in [4.69, 9.17) is 0 Å². The van der Waals surface area contributed by atoms with Crippen molar-refractivity contribution in [1.29, 1.82) is 0 Å². The van der Waals surface area contributed by atoms with Gasteiger partial charge in [-0.05, 0) is 39.8 Å². The predicted octanol–water partition coefficient (Wildman–Crippen LogP) is 5.57. The molecule has 0 aliphatic heterocycles. The van der Waals surface area contributed by atoms with Gasteiger partial charge in [0, 0.05) is 17.2 Å². The standard InChI is InChI=1S/C17H17N3.C9H13NO2S/c1-13(2)20-18-16(14-9-5-3-6-10-14)17(19-20)15-11-7-4-8-12-15;1-8(2)10-13(11,12)9-6-4-3-5-7-9/h3-13H,1-2H3;3-8,10H,1-2H3. The van der Waals surface area contributed by atoms with E-state index in [1.54, 1.807) is 49.0 Å². The van der Waals surface area contributed by atoms with Gasteiger partial charge in [0.15, 0.2) is 0 Å². The Morgan fingerprint density at radius 3 is 1.42 bits per heavy atom. The predicted molar refractivity (Wildman–Crippen MR) is 133 cm³/mol. The SMILES string of the molecule is CC(C)NS(=O)(=O)c1ccccc1.CC(C)n1nc(-c2ccccc2)c(-c2ccccc2)n1. The summed E-state index contributed by atoms with van der Waals surface area (Å²) in [6.07, 6.45) is 0. The van der Waals surface area contributed by atoms with Crippen LogP contribution in [0.2, 0.25) is 0 Å². The lowest BCUT2D eigenvalue weighted by Crippen LogP contribution is -2.30. The maximum absolute atomic E-state index is 11.5. The van der Waals surface area contributed by atoms with Crippen LogP contribution in [-0.4, -0.2) is 29.5 Å². The lowest BCUT2D eigenvalue weighted by molar-refractivity contribution is 0.468. The second-order valence-corrected chi connectivity index (χ2v) is 9.85. The molecule has 0 aliphatic carbocycles. The van der Waals surface area contributed by atoms with E-state index in [1.165, 1.54) is 0 Å². The fraction of sp³-hybridized carbons (Fsp3) is 0.231. The first-order valence-corrected chi connectivity index (χ1v) is 12.4. The molecule has 0 fully saturated rings. The van der Waals surface area contributed by atoms with Crippen LogP contribution < -0.4 is 4.72 Å². The minimum atomic E-state index is -3.31. The highest BCUT2D eigenvalue weighted by molar-refractivity contribution is 7.89. The van der Waals surface area contributed by atoms with Gasteiger partial charge < -0.3 is 0 Å². The number of nitrogens with one attached hydrogen (secondary N) is 1. The van der Waals surface area contributed by atoms with Gasteiger partial charge in [0.2, 0.25) is 10.0 Å². The molecule has 0 saturated heterocycles. The van der Waals surface area contributed by atoms with Crippen molar-refractivity contribution in [1.82, 2.24) is 19.7 Å². The molecule has 0 radical (unpaired) electrons. The molecule has 172 valence electrons. The van der Waals surface area contributed by atoms with Crippen LogP contribution >= 0.6 is 0 Å². The van der Waals surface area contributed by atoms with Crippen molar-refractivity contribution in [3.05, 3.63) is 91.0 Å². The molecule has 0 spiro atoms. The molecule has 1 aromatic heterocycles. The Morgan fingerprint density at radius 1 is 0.667 bits per heavy atom. The van der Waals surface area contributed by atoms with E-state index < -0.39 is 10.0 Å². The maximum atomic E-state index is 11.5. The van der Waals surface area contributed by atoms with E-state index in [0.717, 1.165) is 22.5 Å². The average Bonchev–Trinajstić information content (AvgIpc) is 3.27. The monoisotopic (exact) mass is 462 g/mol. The third kappa shape index (κ3) is 6.60. The molecule has 0 amide bonds. The smallest absolute Gasteiger partial charge is 0.209 e. The molecular formula is C26H30N4O2S. The number of nitrogens with zero attached hydrogens (tertiary/aromatic N) is 3. The van der Waals surface area contributed by atoms with Crippen molar-refractivity contribution in [2.24, 2.45) is 0 Å². The summed E-state index contributed by atoms with van der Waals surface area (Å²) in [6.45, 7) is 7.76. The van der Waals surface area contributed by atoms with Gasteiger partial charge in [-0.2, -0.15) is 15.0 Å². The van der Waals surface area contributed by atoms with Gasteiger partial charge in [-0.3, -0.25) is 0 Å². The van der Waals surface area contributed by atoms with Gasteiger partial charge in [0.1, 0.15) is 11.4 Å². The number of benzene rings is 3. The van der Waals surface area contributed by atoms with Crippen molar-refractivity contribution in [3.63, 3.8) is 0 Å². The van der Waals surface area contributed by atoms with Gasteiger partial charge in [0.25, 0.3) is 0 Å². The van der Waals surface area contributed by atoms with Crippen LogP contribution in [0, 0.1) is 0 Å². The van der Waals surface area contributed by atoms with Gasteiger partial charge in [-0.15, -0.1) is 0 Å². The molecule has 0 unspecified atom stereocenters. The van der Waals surface area contributed by atoms with E-state index in [9.17, 15) is 8.42 Å². The Balaban J connectivity index is 0.000000205. The number of hydrogen-bond donors (Lipinski definition) is 1. The summed E-state index contributed by atoms with van der Waals surface area (Å²) in [7, 11) is -3.31. The fourth-order valence-corrected chi connectivity index (χ4v) is 4.38. The molecule has 0 aliphatic rings. The summed E-state index contributed by atoms with van der Waals surface area (Å²) < 4.78 is 25.6. The van der Waals surface area contributed by atoms with Gasteiger partial charge in [0.05, 0.1) is 10.9 Å². The van der Waals surface area contributed by atoms with Crippen LogP contribution in [0.3, 0.4) is 0 Å². The first-order chi connectivity index (χ1) is 15.8. The van der Waals surface area contributed by atoms with Gasteiger partial charge in [-0.1, -0.05) is 78.9 Å². The summed E-state index contributed by atoms with van der Waals surface area (Å²) in [5.74, 6) is 0. The number of sulfonamides is 1. The number of aromatic nitrogens is 3. The first kappa shape index (κ1) is 24.4. The van der Waals surface area contributed by atoms with Crippen molar-refractivity contribution >= 4 is 10.0 Å². The Hall–Kier alpha value is -3.29. The molecular weight excluding hydrogens is 432 g/mol. The molecule has 33 heavy (non-hydrogen) atoms. The Labute approximate surface area is 196 Å². The highest BCUT2D eigenvalue weighted by atomic mass is 32.2. The number of hydrogen-bond acceptors (Lipinski definition) is 4.